The highest BCUT2D eigenvalue weighted by Gasteiger charge is 2.12. The van der Waals surface area contributed by atoms with Crippen LogP contribution in [0.4, 0.5) is 11.4 Å². The van der Waals surface area contributed by atoms with Crippen LogP contribution in [0.1, 0.15) is 11.1 Å². The Morgan fingerprint density at radius 2 is 1.44 bits per heavy atom. The number of nitrogens with one attached hydrogen (secondary N) is 2. The number of anilines is 2. The van der Waals surface area contributed by atoms with E-state index in [1.165, 1.54) is 0 Å². The number of aryl methyl sites for hydroxylation is 2. The van der Waals surface area contributed by atoms with E-state index in [9.17, 15) is 9.59 Å². The standard InChI is InChI=1S/C19H22ClN3O2/c1-13-5-4-6-14(2)19(13)22-18(25)12-23(3)11-17(24)21-16-9-7-15(20)8-10-16/h4-10H,11-12H2,1-3H3,(H,21,24)(H,22,25). The molecule has 0 heterocycles. The summed E-state index contributed by atoms with van der Waals surface area (Å²) in [6.07, 6.45) is 0. The van der Waals surface area contributed by atoms with Crippen molar-refractivity contribution in [1.29, 1.82) is 0 Å². The quantitative estimate of drug-likeness (QED) is 0.830. The van der Waals surface area contributed by atoms with Crippen LogP contribution in [-0.4, -0.2) is 36.9 Å². The highest BCUT2D eigenvalue weighted by atomic mass is 35.5. The first-order valence-electron chi connectivity index (χ1n) is 7.95. The molecule has 0 bridgehead atoms. The molecule has 6 heteroatoms. The van der Waals surface area contributed by atoms with Gasteiger partial charge in [0.2, 0.25) is 11.8 Å². The van der Waals surface area contributed by atoms with E-state index in [4.69, 9.17) is 11.6 Å². The molecule has 5 nitrogen and oxygen atoms in total. The van der Waals surface area contributed by atoms with E-state index in [0.29, 0.717) is 10.7 Å². The summed E-state index contributed by atoms with van der Waals surface area (Å²) in [5, 5.41) is 6.29. The number of hydrogen-bond acceptors (Lipinski definition) is 3. The van der Waals surface area contributed by atoms with Crippen LogP contribution in [0.3, 0.4) is 0 Å². The number of carbonyl (C=O) groups is 2. The molecule has 0 atom stereocenters. The molecule has 2 aromatic carbocycles. The third-order valence-electron chi connectivity index (χ3n) is 3.70. The molecule has 25 heavy (non-hydrogen) atoms. The maximum absolute atomic E-state index is 12.2. The minimum Gasteiger partial charge on any atom is -0.325 e. The fraction of sp³-hybridized carbons (Fsp3) is 0.263. The van der Waals surface area contributed by atoms with Gasteiger partial charge in [0, 0.05) is 16.4 Å². The van der Waals surface area contributed by atoms with Crippen LogP contribution in [0.25, 0.3) is 0 Å². The van der Waals surface area contributed by atoms with Crippen molar-refractivity contribution >= 4 is 34.8 Å². The van der Waals surface area contributed by atoms with E-state index < -0.39 is 0 Å². The van der Waals surface area contributed by atoms with Gasteiger partial charge in [-0.05, 0) is 56.3 Å². The fourth-order valence-corrected chi connectivity index (χ4v) is 2.60. The lowest BCUT2D eigenvalue weighted by Gasteiger charge is -2.17. The summed E-state index contributed by atoms with van der Waals surface area (Å²) in [4.78, 5) is 25.9. The van der Waals surface area contributed by atoms with E-state index in [-0.39, 0.29) is 24.9 Å². The van der Waals surface area contributed by atoms with Crippen molar-refractivity contribution in [2.75, 3.05) is 30.8 Å². The Labute approximate surface area is 153 Å². The number of hydrogen-bond donors (Lipinski definition) is 2. The number of amides is 2. The van der Waals surface area contributed by atoms with Crippen molar-refractivity contribution in [3.8, 4) is 0 Å². The van der Waals surface area contributed by atoms with Crippen molar-refractivity contribution in [3.05, 3.63) is 58.6 Å². The van der Waals surface area contributed by atoms with Gasteiger partial charge in [-0.15, -0.1) is 0 Å². The second-order valence-electron chi connectivity index (χ2n) is 6.04. The predicted molar refractivity (Wildman–Crippen MR) is 102 cm³/mol. The molecule has 0 saturated heterocycles. The summed E-state index contributed by atoms with van der Waals surface area (Å²) in [5.74, 6) is -0.344. The third kappa shape index (κ3) is 5.89. The van der Waals surface area contributed by atoms with Gasteiger partial charge in [0.15, 0.2) is 0 Å². The number of carbonyl (C=O) groups excluding carboxylic acids is 2. The van der Waals surface area contributed by atoms with E-state index in [2.05, 4.69) is 10.6 Å². The summed E-state index contributed by atoms with van der Waals surface area (Å²) < 4.78 is 0. The SMILES string of the molecule is Cc1cccc(C)c1NC(=O)CN(C)CC(=O)Nc1ccc(Cl)cc1. The summed E-state index contributed by atoms with van der Waals surface area (Å²) in [5.41, 5.74) is 3.52. The van der Waals surface area contributed by atoms with Crippen molar-refractivity contribution in [2.24, 2.45) is 0 Å². The van der Waals surface area contributed by atoms with Crippen LogP contribution in [0, 0.1) is 13.8 Å². The smallest absolute Gasteiger partial charge is 0.238 e. The Balaban J connectivity index is 1.84. The minimum absolute atomic E-state index is 0.114. The van der Waals surface area contributed by atoms with Gasteiger partial charge in [-0.2, -0.15) is 0 Å². The lowest BCUT2D eigenvalue weighted by atomic mass is 10.1. The average Bonchev–Trinajstić information content (AvgIpc) is 2.53. The normalized spacial score (nSPS) is 10.6. The van der Waals surface area contributed by atoms with Gasteiger partial charge < -0.3 is 10.6 Å². The second kappa shape index (κ2) is 8.65. The van der Waals surface area contributed by atoms with Crippen molar-refractivity contribution in [1.82, 2.24) is 4.90 Å². The molecule has 0 radical (unpaired) electrons. The first kappa shape index (κ1) is 19.0. The number of halogens is 1. The molecule has 0 unspecified atom stereocenters. The topological polar surface area (TPSA) is 61.4 Å². The Morgan fingerprint density at radius 3 is 2.00 bits per heavy atom. The summed E-state index contributed by atoms with van der Waals surface area (Å²) in [6, 6.07) is 12.7. The van der Waals surface area contributed by atoms with Crippen LogP contribution in [0.2, 0.25) is 5.02 Å². The van der Waals surface area contributed by atoms with Gasteiger partial charge in [0.25, 0.3) is 0 Å². The van der Waals surface area contributed by atoms with Crippen LogP contribution in [0.15, 0.2) is 42.5 Å². The highest BCUT2D eigenvalue weighted by molar-refractivity contribution is 6.30. The van der Waals surface area contributed by atoms with Crippen LogP contribution >= 0.6 is 11.6 Å². The molecule has 0 saturated carbocycles. The predicted octanol–water partition coefficient (Wildman–Crippen LogP) is 3.47. The molecule has 0 spiro atoms. The Bertz CT molecular complexity index is 740. The largest absolute Gasteiger partial charge is 0.325 e. The van der Waals surface area contributed by atoms with Gasteiger partial charge >= 0.3 is 0 Å². The van der Waals surface area contributed by atoms with E-state index >= 15 is 0 Å². The van der Waals surface area contributed by atoms with Gasteiger partial charge in [0.05, 0.1) is 13.1 Å². The summed E-state index contributed by atoms with van der Waals surface area (Å²) in [6.45, 7) is 4.14. The molecule has 0 fully saturated rings. The van der Waals surface area contributed by atoms with Crippen molar-refractivity contribution in [2.45, 2.75) is 13.8 Å². The van der Waals surface area contributed by atoms with Gasteiger partial charge in [-0.25, -0.2) is 0 Å². The first-order chi connectivity index (χ1) is 11.8. The number of para-hydroxylation sites is 1. The molecular formula is C19H22ClN3O2. The maximum atomic E-state index is 12.2. The fourth-order valence-electron chi connectivity index (χ4n) is 2.47. The molecule has 2 aromatic rings. The van der Waals surface area contributed by atoms with Gasteiger partial charge in [-0.1, -0.05) is 29.8 Å². The summed E-state index contributed by atoms with van der Waals surface area (Å²) >= 11 is 5.81. The Morgan fingerprint density at radius 1 is 0.920 bits per heavy atom. The maximum Gasteiger partial charge on any atom is 0.238 e. The molecule has 132 valence electrons. The molecule has 2 rings (SSSR count). The molecule has 0 aliphatic carbocycles. The average molecular weight is 360 g/mol. The zero-order valence-electron chi connectivity index (χ0n) is 14.6. The first-order valence-corrected chi connectivity index (χ1v) is 8.33. The van der Waals surface area contributed by atoms with E-state index in [1.807, 2.05) is 32.0 Å². The third-order valence-corrected chi connectivity index (χ3v) is 3.95. The van der Waals surface area contributed by atoms with Gasteiger partial charge in [0.1, 0.15) is 0 Å². The molecule has 0 aliphatic rings. The number of rotatable bonds is 6. The monoisotopic (exact) mass is 359 g/mol. The lowest BCUT2D eigenvalue weighted by molar-refractivity contribution is -0.119. The molecule has 0 aliphatic heterocycles. The number of nitrogens with zero attached hydrogens (tertiary/aromatic N) is 1. The van der Waals surface area contributed by atoms with Gasteiger partial charge in [-0.3, -0.25) is 14.5 Å². The zero-order chi connectivity index (χ0) is 18.4. The Kier molecular flexibility index (Phi) is 6.56. The van der Waals surface area contributed by atoms with E-state index in [0.717, 1.165) is 16.8 Å². The molecule has 0 aromatic heterocycles. The minimum atomic E-state index is -0.190. The number of benzene rings is 2. The summed E-state index contributed by atoms with van der Waals surface area (Å²) in [7, 11) is 1.73. The van der Waals surface area contributed by atoms with Crippen LogP contribution in [0.5, 0.6) is 0 Å². The lowest BCUT2D eigenvalue weighted by Crippen LogP contribution is -2.36. The Hall–Kier alpha value is -2.37. The van der Waals surface area contributed by atoms with Crippen LogP contribution in [-0.2, 0) is 9.59 Å². The molecular weight excluding hydrogens is 338 g/mol. The highest BCUT2D eigenvalue weighted by Crippen LogP contribution is 2.19. The van der Waals surface area contributed by atoms with Crippen molar-refractivity contribution in [3.63, 3.8) is 0 Å². The van der Waals surface area contributed by atoms with E-state index in [1.54, 1.807) is 36.2 Å². The van der Waals surface area contributed by atoms with Crippen LogP contribution < -0.4 is 10.6 Å². The number of likely N-dealkylation sites (N-methyl/N-ethyl adjacent to an activating group) is 1. The second-order valence-corrected chi connectivity index (χ2v) is 6.48. The molecule has 2 amide bonds. The molecule has 2 N–H and O–H groups in total. The van der Waals surface area contributed by atoms with Crippen molar-refractivity contribution < 1.29 is 9.59 Å². The zero-order valence-corrected chi connectivity index (χ0v) is 15.4.